The lowest BCUT2D eigenvalue weighted by Crippen LogP contribution is -2.48. The molecule has 1 amide bonds. The SMILES string of the molecule is CN(C)c1cc(C(=O)N2CCN(c3ccccc3)CC2)ccn1. The summed E-state index contributed by atoms with van der Waals surface area (Å²) >= 11 is 0. The average Bonchev–Trinajstić information content (AvgIpc) is 2.62. The molecule has 1 aliphatic heterocycles. The van der Waals surface area contributed by atoms with Gasteiger partial charge >= 0.3 is 0 Å². The minimum atomic E-state index is 0.0863. The van der Waals surface area contributed by atoms with Crippen molar-refractivity contribution in [3.63, 3.8) is 0 Å². The third kappa shape index (κ3) is 3.44. The van der Waals surface area contributed by atoms with Crippen molar-refractivity contribution in [2.45, 2.75) is 0 Å². The van der Waals surface area contributed by atoms with Crippen LogP contribution in [0.1, 0.15) is 10.4 Å². The minimum absolute atomic E-state index is 0.0863. The van der Waals surface area contributed by atoms with Crippen LogP contribution in [0.2, 0.25) is 0 Å². The van der Waals surface area contributed by atoms with Crippen LogP contribution in [0.3, 0.4) is 0 Å². The molecule has 0 unspecified atom stereocenters. The van der Waals surface area contributed by atoms with Crippen molar-refractivity contribution in [2.24, 2.45) is 0 Å². The zero-order chi connectivity index (χ0) is 16.2. The predicted octanol–water partition coefficient (Wildman–Crippen LogP) is 2.11. The Morgan fingerprint density at radius 2 is 1.74 bits per heavy atom. The van der Waals surface area contributed by atoms with E-state index in [-0.39, 0.29) is 5.91 Å². The van der Waals surface area contributed by atoms with Crippen LogP contribution in [-0.4, -0.2) is 56.1 Å². The van der Waals surface area contributed by atoms with Gasteiger partial charge < -0.3 is 14.7 Å². The molecule has 0 radical (unpaired) electrons. The Hall–Kier alpha value is -2.56. The first-order valence-electron chi connectivity index (χ1n) is 7.88. The van der Waals surface area contributed by atoms with Gasteiger partial charge in [-0.25, -0.2) is 4.98 Å². The molecular weight excluding hydrogens is 288 g/mol. The average molecular weight is 310 g/mol. The summed E-state index contributed by atoms with van der Waals surface area (Å²) in [4.78, 5) is 23.1. The van der Waals surface area contributed by atoms with Crippen LogP contribution < -0.4 is 9.80 Å². The lowest BCUT2D eigenvalue weighted by molar-refractivity contribution is 0.0746. The second-order valence-corrected chi connectivity index (χ2v) is 5.91. The molecule has 1 aromatic carbocycles. The Bertz CT molecular complexity index is 664. The van der Waals surface area contributed by atoms with E-state index in [4.69, 9.17) is 0 Å². The van der Waals surface area contributed by atoms with Crippen LogP contribution in [0, 0.1) is 0 Å². The molecule has 2 aromatic rings. The summed E-state index contributed by atoms with van der Waals surface area (Å²) in [5.41, 5.74) is 1.93. The molecule has 1 aliphatic rings. The quantitative estimate of drug-likeness (QED) is 0.870. The van der Waals surface area contributed by atoms with Crippen LogP contribution in [0.15, 0.2) is 48.7 Å². The standard InChI is InChI=1S/C18H22N4O/c1-20(2)17-14-15(8-9-19-17)18(23)22-12-10-21(11-13-22)16-6-4-3-5-7-16/h3-9,14H,10-13H2,1-2H3. The van der Waals surface area contributed by atoms with Crippen molar-refractivity contribution in [2.75, 3.05) is 50.1 Å². The molecule has 5 heteroatoms. The third-order valence-corrected chi connectivity index (χ3v) is 4.14. The fraction of sp³-hybridized carbons (Fsp3) is 0.333. The van der Waals surface area contributed by atoms with Gasteiger partial charge in [0.2, 0.25) is 0 Å². The van der Waals surface area contributed by atoms with E-state index < -0.39 is 0 Å². The summed E-state index contributed by atoms with van der Waals surface area (Å²) < 4.78 is 0. The molecule has 5 nitrogen and oxygen atoms in total. The highest BCUT2D eigenvalue weighted by Gasteiger charge is 2.22. The molecule has 0 atom stereocenters. The third-order valence-electron chi connectivity index (χ3n) is 4.14. The maximum atomic E-state index is 12.7. The van der Waals surface area contributed by atoms with Crippen molar-refractivity contribution < 1.29 is 4.79 Å². The van der Waals surface area contributed by atoms with Crippen molar-refractivity contribution in [3.8, 4) is 0 Å². The van der Waals surface area contributed by atoms with E-state index in [0.29, 0.717) is 5.56 Å². The highest BCUT2D eigenvalue weighted by Crippen LogP contribution is 2.17. The number of anilines is 2. The van der Waals surface area contributed by atoms with E-state index in [1.54, 1.807) is 12.3 Å². The van der Waals surface area contributed by atoms with Gasteiger partial charge in [0, 0.05) is 57.7 Å². The molecular formula is C18H22N4O. The number of carbonyl (C=O) groups is 1. The maximum Gasteiger partial charge on any atom is 0.254 e. The molecule has 3 rings (SSSR count). The molecule has 1 aromatic heterocycles. The van der Waals surface area contributed by atoms with E-state index in [1.807, 2.05) is 48.2 Å². The van der Waals surface area contributed by atoms with E-state index in [1.165, 1.54) is 5.69 Å². The Labute approximate surface area is 137 Å². The number of carbonyl (C=O) groups excluding carboxylic acids is 1. The van der Waals surface area contributed by atoms with Crippen molar-refractivity contribution in [1.82, 2.24) is 9.88 Å². The van der Waals surface area contributed by atoms with Crippen LogP contribution in [-0.2, 0) is 0 Å². The molecule has 0 saturated carbocycles. The molecule has 0 aliphatic carbocycles. The number of para-hydroxylation sites is 1. The lowest BCUT2D eigenvalue weighted by atomic mass is 10.2. The summed E-state index contributed by atoms with van der Waals surface area (Å²) in [6.07, 6.45) is 1.70. The maximum absolute atomic E-state index is 12.7. The van der Waals surface area contributed by atoms with Crippen molar-refractivity contribution in [3.05, 3.63) is 54.2 Å². The Morgan fingerprint density at radius 3 is 2.39 bits per heavy atom. The predicted molar refractivity (Wildman–Crippen MR) is 93.1 cm³/mol. The molecule has 120 valence electrons. The van der Waals surface area contributed by atoms with E-state index in [2.05, 4.69) is 22.0 Å². The van der Waals surface area contributed by atoms with Crippen LogP contribution in [0.4, 0.5) is 11.5 Å². The van der Waals surface area contributed by atoms with Gasteiger partial charge in [-0.05, 0) is 24.3 Å². The second-order valence-electron chi connectivity index (χ2n) is 5.91. The summed E-state index contributed by atoms with van der Waals surface area (Å²) in [5.74, 6) is 0.891. The Kier molecular flexibility index (Phi) is 4.46. The number of piperazine rings is 1. The number of hydrogen-bond acceptors (Lipinski definition) is 4. The summed E-state index contributed by atoms with van der Waals surface area (Å²) in [7, 11) is 3.85. The normalized spacial score (nSPS) is 14.7. The van der Waals surface area contributed by atoms with Crippen molar-refractivity contribution in [1.29, 1.82) is 0 Å². The molecule has 2 heterocycles. The number of hydrogen-bond donors (Lipinski definition) is 0. The first kappa shape index (κ1) is 15.3. The number of nitrogens with zero attached hydrogens (tertiary/aromatic N) is 4. The first-order valence-corrected chi connectivity index (χ1v) is 7.88. The number of benzene rings is 1. The largest absolute Gasteiger partial charge is 0.368 e. The zero-order valence-electron chi connectivity index (χ0n) is 13.6. The highest BCUT2D eigenvalue weighted by atomic mass is 16.2. The van der Waals surface area contributed by atoms with E-state index in [9.17, 15) is 4.79 Å². The molecule has 0 N–H and O–H groups in total. The molecule has 1 fully saturated rings. The number of rotatable bonds is 3. The Morgan fingerprint density at radius 1 is 1.04 bits per heavy atom. The smallest absolute Gasteiger partial charge is 0.254 e. The molecule has 1 saturated heterocycles. The first-order chi connectivity index (χ1) is 11.1. The minimum Gasteiger partial charge on any atom is -0.368 e. The van der Waals surface area contributed by atoms with E-state index >= 15 is 0 Å². The van der Waals surface area contributed by atoms with Gasteiger partial charge in [0.25, 0.3) is 5.91 Å². The van der Waals surface area contributed by atoms with E-state index in [0.717, 1.165) is 32.0 Å². The number of pyridine rings is 1. The van der Waals surface area contributed by atoms with Gasteiger partial charge in [-0.15, -0.1) is 0 Å². The summed E-state index contributed by atoms with van der Waals surface area (Å²) in [6, 6.07) is 14.0. The van der Waals surface area contributed by atoms with Gasteiger partial charge in [-0.2, -0.15) is 0 Å². The van der Waals surface area contributed by atoms with Gasteiger partial charge in [-0.3, -0.25) is 4.79 Å². The lowest BCUT2D eigenvalue weighted by Gasteiger charge is -2.36. The molecule has 23 heavy (non-hydrogen) atoms. The fourth-order valence-electron chi connectivity index (χ4n) is 2.79. The molecule has 0 bridgehead atoms. The van der Waals surface area contributed by atoms with Crippen LogP contribution >= 0.6 is 0 Å². The summed E-state index contributed by atoms with van der Waals surface area (Å²) in [6.45, 7) is 3.21. The van der Waals surface area contributed by atoms with Crippen molar-refractivity contribution >= 4 is 17.4 Å². The topological polar surface area (TPSA) is 39.7 Å². The highest BCUT2D eigenvalue weighted by molar-refractivity contribution is 5.95. The second kappa shape index (κ2) is 6.69. The number of aromatic nitrogens is 1. The monoisotopic (exact) mass is 310 g/mol. The fourth-order valence-corrected chi connectivity index (χ4v) is 2.79. The Balaban J connectivity index is 1.65. The summed E-state index contributed by atoms with van der Waals surface area (Å²) in [5, 5.41) is 0. The van der Waals surface area contributed by atoms with Gasteiger partial charge in [-0.1, -0.05) is 18.2 Å². The van der Waals surface area contributed by atoms with Crippen LogP contribution in [0.5, 0.6) is 0 Å². The van der Waals surface area contributed by atoms with Gasteiger partial charge in [0.05, 0.1) is 0 Å². The van der Waals surface area contributed by atoms with Gasteiger partial charge in [0.1, 0.15) is 5.82 Å². The number of amides is 1. The zero-order valence-corrected chi connectivity index (χ0v) is 13.6. The molecule has 0 spiro atoms. The van der Waals surface area contributed by atoms with Crippen LogP contribution in [0.25, 0.3) is 0 Å². The van der Waals surface area contributed by atoms with Gasteiger partial charge in [0.15, 0.2) is 0 Å².